The van der Waals surface area contributed by atoms with Crippen LogP contribution in [-0.4, -0.2) is 129 Å². The van der Waals surface area contributed by atoms with Gasteiger partial charge in [0.05, 0.1) is 60.5 Å². The van der Waals surface area contributed by atoms with E-state index in [1.807, 2.05) is 88.3 Å². The van der Waals surface area contributed by atoms with Gasteiger partial charge in [-0.2, -0.15) is 74.9 Å². The van der Waals surface area contributed by atoms with Crippen LogP contribution in [0.4, 0.5) is 48.3 Å². The van der Waals surface area contributed by atoms with Crippen molar-refractivity contribution in [1.82, 2.24) is 18.9 Å². The number of benzene rings is 4. The highest BCUT2D eigenvalue weighted by Gasteiger charge is 2.53. The monoisotopic (exact) mass is 1690 g/mol. The lowest BCUT2D eigenvalue weighted by Crippen LogP contribution is -2.41. The summed E-state index contributed by atoms with van der Waals surface area (Å²) in [6.07, 6.45) is -8.29. The van der Waals surface area contributed by atoms with Crippen molar-refractivity contribution in [3.8, 4) is 16.9 Å². The number of pyridine rings is 2. The first-order valence-corrected chi connectivity index (χ1v) is 38.8. The van der Waals surface area contributed by atoms with Crippen molar-refractivity contribution >= 4 is 73.2 Å². The molecule has 0 radical (unpaired) electrons. The van der Waals surface area contributed by atoms with Gasteiger partial charge in [-0.1, -0.05) is 64.1 Å². The van der Waals surface area contributed by atoms with Crippen LogP contribution in [0.3, 0.4) is 0 Å². The molecule has 3 heterocycles. The predicted molar refractivity (Wildman–Crippen MR) is 435 cm³/mol. The Morgan fingerprint density at radius 2 is 0.904 bits per heavy atom. The van der Waals surface area contributed by atoms with E-state index >= 15 is 8.78 Å². The van der Waals surface area contributed by atoms with E-state index in [4.69, 9.17) is 18.8 Å². The van der Waals surface area contributed by atoms with E-state index in [2.05, 4.69) is 4.18 Å². The minimum atomic E-state index is -5.61. The van der Waals surface area contributed by atoms with E-state index in [1.165, 1.54) is 26.0 Å². The second-order valence-electron chi connectivity index (χ2n) is 31.4. The summed E-state index contributed by atoms with van der Waals surface area (Å²) in [6, 6.07) is 12.5. The molecule has 2 unspecified atom stereocenters. The third-order valence-electron chi connectivity index (χ3n) is 20.3. The average molecular weight is 1690 g/mol. The number of hydrogen-bond donors (Lipinski definition) is 0. The van der Waals surface area contributed by atoms with Crippen molar-refractivity contribution in [1.29, 1.82) is 0 Å². The summed E-state index contributed by atoms with van der Waals surface area (Å²) in [7, 11) is 0.456. The van der Waals surface area contributed by atoms with Gasteiger partial charge in [0.15, 0.2) is 11.6 Å². The van der Waals surface area contributed by atoms with Gasteiger partial charge in [0.1, 0.15) is 17.4 Å². The van der Waals surface area contributed by atoms with E-state index in [0.717, 1.165) is 49.3 Å². The summed E-state index contributed by atoms with van der Waals surface area (Å²) in [4.78, 5) is 84.1. The fourth-order valence-corrected chi connectivity index (χ4v) is 13.8. The fraction of sp³-hybridized carbons (Fsp3) is 0.542. The van der Waals surface area contributed by atoms with Crippen LogP contribution in [-0.2, 0) is 73.3 Å². The van der Waals surface area contributed by atoms with Crippen LogP contribution in [0.2, 0.25) is 0 Å². The average Bonchev–Trinajstić information content (AvgIpc) is 1.76. The molecule has 32 heteroatoms. The molecule has 1 aliphatic heterocycles. The second kappa shape index (κ2) is 41.8. The molecule has 115 heavy (non-hydrogen) atoms. The third kappa shape index (κ3) is 27.1. The molecule has 0 bridgehead atoms. The molecular weight excluding hydrogens is 1580 g/mol. The van der Waals surface area contributed by atoms with Gasteiger partial charge >= 0.3 is 47.0 Å². The summed E-state index contributed by atoms with van der Waals surface area (Å²) < 4.78 is 203. The number of carbonyl (C=O) groups excluding carboxylic acids is 4. The topological polar surface area (TPSA) is 199 Å². The molecule has 0 N–H and O–H groups in total. The number of likely N-dealkylation sites (N-methyl/N-ethyl adjacent to an activating group) is 2. The Morgan fingerprint density at radius 1 is 0.530 bits per heavy atom. The predicted octanol–water partition coefficient (Wildman–Crippen LogP) is 17.4. The van der Waals surface area contributed by atoms with E-state index in [0.29, 0.717) is 46.4 Å². The van der Waals surface area contributed by atoms with E-state index in [-0.39, 0.29) is 144 Å². The van der Waals surface area contributed by atoms with Crippen LogP contribution >= 0.6 is 27.0 Å². The molecule has 0 aliphatic carbocycles. The van der Waals surface area contributed by atoms with Crippen molar-refractivity contribution in [3.05, 3.63) is 183 Å². The van der Waals surface area contributed by atoms with Gasteiger partial charge < -0.3 is 41.9 Å². The van der Waals surface area contributed by atoms with Crippen molar-refractivity contribution < 1.29 is 98.9 Å². The van der Waals surface area contributed by atoms with Crippen LogP contribution in [0.5, 0.6) is 5.75 Å². The van der Waals surface area contributed by atoms with Gasteiger partial charge in [-0.3, -0.25) is 28.8 Å². The molecule has 4 atom stereocenters. The van der Waals surface area contributed by atoms with Crippen LogP contribution < -0.4 is 20.8 Å². The SMILES string of the molecule is CCOC(=O)C[C@H](CC(=O)C(CC(C)C)n1cc(CCN(C)C)c(C(F)(F)F)cc1=O)c1cc(-c2c(C)ccc(C)c2C)cc(C)c1F.CCOC(=O)C[C@H](CC(=O)C(CC(C)C)n1cc(CCN(C)C)c(C(F)(F)F)cc1=O)c1cc(B2OC(C)(C)C(C)(C)O2)cc(C)c1F.Cc1ccc(C)c(OS(=O)(=O)C(F)(F)F)c1C.S.S. The van der Waals surface area contributed by atoms with Gasteiger partial charge in [-0.05, 0) is 258 Å². The summed E-state index contributed by atoms with van der Waals surface area (Å²) in [5.74, 6) is -5.89. The number of nitrogens with zero attached hydrogens (tertiary/aromatic N) is 4. The summed E-state index contributed by atoms with van der Waals surface area (Å²) in [5.41, 5.74) is -3.54. The zero-order valence-corrected chi connectivity index (χ0v) is 72.4. The minimum Gasteiger partial charge on any atom is -0.466 e. The number of ketones is 2. The minimum absolute atomic E-state index is 0. The van der Waals surface area contributed by atoms with E-state index < -0.39 is 128 Å². The van der Waals surface area contributed by atoms with Crippen LogP contribution in [0.25, 0.3) is 11.1 Å². The molecule has 1 saturated heterocycles. The normalized spacial score (nSPS) is 14.6. The Kier molecular flexibility index (Phi) is 37.1. The molecule has 17 nitrogen and oxygen atoms in total. The Bertz CT molecular complexity index is 4620. The molecule has 0 spiro atoms. The van der Waals surface area contributed by atoms with Gasteiger partial charge in [0.25, 0.3) is 11.1 Å². The molecule has 1 aliphatic rings. The molecule has 0 saturated carbocycles. The number of rotatable bonds is 30. The molecular formula is C83H112BF11N4O13S3. The number of hydrogen-bond acceptors (Lipinski definition) is 15. The summed E-state index contributed by atoms with van der Waals surface area (Å²) >= 11 is 0. The molecule has 1 fully saturated rings. The molecule has 7 rings (SSSR count). The Morgan fingerprint density at radius 3 is 1.28 bits per heavy atom. The van der Waals surface area contributed by atoms with Crippen molar-refractivity contribution in [3.63, 3.8) is 0 Å². The van der Waals surface area contributed by atoms with Crippen molar-refractivity contribution in [2.75, 3.05) is 54.5 Å². The zero-order valence-electron chi connectivity index (χ0n) is 69.6. The van der Waals surface area contributed by atoms with Crippen LogP contribution in [0, 0.1) is 78.9 Å². The second-order valence-corrected chi connectivity index (χ2v) is 33.0. The van der Waals surface area contributed by atoms with Gasteiger partial charge in [-0.25, -0.2) is 8.78 Å². The van der Waals surface area contributed by atoms with Gasteiger partial charge in [-0.15, -0.1) is 0 Å². The van der Waals surface area contributed by atoms with Crippen molar-refractivity contribution in [2.24, 2.45) is 11.8 Å². The molecule has 0 amide bonds. The Hall–Kier alpha value is -7.36. The van der Waals surface area contributed by atoms with Crippen LogP contribution in [0.1, 0.15) is 210 Å². The van der Waals surface area contributed by atoms with Crippen LogP contribution in [0.15, 0.2) is 82.6 Å². The maximum absolute atomic E-state index is 16.0. The lowest BCUT2D eigenvalue weighted by molar-refractivity contribution is -0.144. The van der Waals surface area contributed by atoms with Gasteiger partial charge in [0.2, 0.25) is 0 Å². The number of alkyl halides is 9. The number of carbonyl (C=O) groups is 4. The largest absolute Gasteiger partial charge is 0.534 e. The summed E-state index contributed by atoms with van der Waals surface area (Å²) in [5, 5.41) is 0. The zero-order chi connectivity index (χ0) is 85.9. The number of ether oxygens (including phenoxy) is 2. The third-order valence-corrected chi connectivity index (χ3v) is 21.3. The summed E-state index contributed by atoms with van der Waals surface area (Å²) in [6.45, 7) is 32.7. The Balaban J connectivity index is 0.000000487. The number of halogens is 11. The quantitative estimate of drug-likeness (QED) is 0.0135. The lowest BCUT2D eigenvalue weighted by Gasteiger charge is -2.32. The maximum atomic E-state index is 16.0. The highest BCUT2D eigenvalue weighted by molar-refractivity contribution is 7.88. The number of Topliss-reactive ketones (excluding diaryl/α,β-unsaturated/α-hetero) is 2. The maximum Gasteiger partial charge on any atom is 0.534 e. The smallest absolute Gasteiger partial charge is 0.466 e. The standard InChI is InChI=1S/C38H48F4N2O4.C35H49BF4N2O6.C10H11F3O3S.2H2S/c1-10-48-35(47)19-28(30-17-29(16-25(6)37(30)39)36-24(5)12-11-23(4)26(36)7)18-33(45)32(15-22(2)3)44-21-27(13-14-43(8)9)31(20-34(44)46)38(40,41)42;1-11-46-31(45)17-24(26-18-25(15-22(4)32(26)37)36-47-33(5,6)34(7,8)48-36)16-29(43)28(14-21(2)3)42-20-23(12-13-41(9)10)27(19-30(42)44)35(38,39)40;1-6-4-5-7(2)9(8(6)3)16-17(14,15)10(11,12)13;;/h11-12,16-17,20-22,28,32H,10,13-15,18-19H2,1-9H3;15,18-21,24,28H,11-14,16-17H2,1-10H3;4-5H,1-3H3;2*1H2/t28-,32?;24-,28?;;;/m00.../s1. The lowest BCUT2D eigenvalue weighted by atomic mass is 9.75. The molecule has 6 aromatic rings. The molecule has 640 valence electrons. The van der Waals surface area contributed by atoms with E-state index in [9.17, 15) is 76.7 Å². The molecule has 4 aromatic carbocycles. The first kappa shape index (κ1) is 102. The van der Waals surface area contributed by atoms with Crippen molar-refractivity contribution in [2.45, 2.75) is 229 Å². The number of esters is 2. The highest BCUT2D eigenvalue weighted by atomic mass is 32.2. The number of aryl methyl sites for hydroxylation is 6. The molecule has 2 aromatic heterocycles. The highest BCUT2D eigenvalue weighted by Crippen LogP contribution is 2.42. The van der Waals surface area contributed by atoms with E-state index in [1.54, 1.807) is 96.9 Å². The fourth-order valence-electron chi connectivity index (χ4n) is 13.2. The number of aromatic nitrogens is 2. The Labute approximate surface area is 682 Å². The first-order chi connectivity index (χ1) is 52.0. The first-order valence-electron chi connectivity index (χ1n) is 37.4. The van der Waals surface area contributed by atoms with Gasteiger partial charge in [0, 0.05) is 62.3 Å².